The van der Waals surface area contributed by atoms with Gasteiger partial charge in [-0.25, -0.2) is 9.59 Å². The first-order valence-electron chi connectivity index (χ1n) is 16.6. The lowest BCUT2D eigenvalue weighted by molar-refractivity contribution is -0.148. The molecule has 0 bridgehead atoms. The van der Waals surface area contributed by atoms with E-state index in [-0.39, 0.29) is 37.5 Å². The highest BCUT2D eigenvalue weighted by Gasteiger charge is 2.37. The van der Waals surface area contributed by atoms with Gasteiger partial charge in [-0.1, -0.05) is 73.2 Å². The van der Waals surface area contributed by atoms with Crippen LogP contribution in [0.25, 0.3) is 0 Å². The van der Waals surface area contributed by atoms with Crippen molar-refractivity contribution in [2.24, 2.45) is 5.92 Å². The number of fused-ring (bicyclic) bond motifs is 1. The first-order valence-corrected chi connectivity index (χ1v) is 16.6. The molecule has 0 saturated heterocycles. The Kier molecular flexibility index (Phi) is 12.2. The molecule has 1 aliphatic carbocycles. The molecule has 0 radical (unpaired) electrons. The van der Waals surface area contributed by atoms with Crippen molar-refractivity contribution >= 4 is 41.4 Å². The number of carboxylic acid groups (broad SMARTS) is 1. The zero-order valence-electron chi connectivity index (χ0n) is 27.5. The third-order valence-corrected chi connectivity index (χ3v) is 8.84. The summed E-state index contributed by atoms with van der Waals surface area (Å²) in [5.74, 6) is -2.70. The van der Waals surface area contributed by atoms with Crippen LogP contribution in [0.4, 0.5) is 15.3 Å². The van der Waals surface area contributed by atoms with Gasteiger partial charge in [0.15, 0.2) is 12.4 Å². The van der Waals surface area contributed by atoms with E-state index in [0.717, 1.165) is 11.1 Å². The third-order valence-electron chi connectivity index (χ3n) is 8.84. The number of esters is 1. The van der Waals surface area contributed by atoms with Crippen molar-refractivity contribution in [1.82, 2.24) is 16.0 Å². The van der Waals surface area contributed by atoms with Crippen molar-refractivity contribution in [2.45, 2.75) is 57.2 Å². The number of alkyl carbamates (subject to hydrolysis) is 1. The van der Waals surface area contributed by atoms with Crippen molar-refractivity contribution in [2.75, 3.05) is 24.6 Å². The highest BCUT2D eigenvalue weighted by Crippen LogP contribution is 2.30. The van der Waals surface area contributed by atoms with E-state index < -0.39 is 54.6 Å². The molecule has 5 rings (SSSR count). The molecule has 1 fully saturated rings. The summed E-state index contributed by atoms with van der Waals surface area (Å²) in [5.41, 5.74) is 2.66. The Hall–Kier alpha value is -5.72. The van der Waals surface area contributed by atoms with E-state index in [1.165, 1.54) is 11.0 Å². The number of ketones is 1. The summed E-state index contributed by atoms with van der Waals surface area (Å²) in [6, 6.07) is 20.8. The number of carbonyl (C=O) groups is 6. The summed E-state index contributed by atoms with van der Waals surface area (Å²) in [6.45, 7) is 0.124. The first-order chi connectivity index (χ1) is 24.2. The van der Waals surface area contributed by atoms with E-state index >= 15 is 0 Å². The topological polar surface area (TPSA) is 180 Å². The molecular weight excluding hydrogens is 644 g/mol. The van der Waals surface area contributed by atoms with Crippen LogP contribution in [0.5, 0.6) is 0 Å². The van der Waals surface area contributed by atoms with Gasteiger partial charge in [0.05, 0.1) is 11.6 Å². The molecule has 50 heavy (non-hydrogen) atoms. The minimum Gasteiger partial charge on any atom is -0.465 e. The largest absolute Gasteiger partial charge is 0.465 e. The van der Waals surface area contributed by atoms with E-state index in [4.69, 9.17) is 9.47 Å². The molecule has 3 atom stereocenters. The normalized spacial score (nSPS) is 16.8. The van der Waals surface area contributed by atoms with Gasteiger partial charge in [0.1, 0.15) is 12.6 Å². The van der Waals surface area contributed by atoms with Gasteiger partial charge in [-0.15, -0.1) is 0 Å². The quantitative estimate of drug-likeness (QED) is 0.110. The molecular formula is C37H40N4O9. The molecule has 2 aliphatic rings. The standard InChI is InChI=1S/C37H40N4O9/c42-32(26-11-5-2-6-12-26)23-49-35(45)28-13-7-14-29(28)39-34(44)30(15-8-19-38-36(46)50-22-24-9-3-1-4-10-24)40-33(43)27-17-16-25-18-20-41(37(47)48)31(25)21-27/h1-6,9-12,16-17,21,28-30H,7-8,13-15,18-20,22-23H2,(H,38,46)(H,39,44)(H,40,43)(H,47,48)/t28-,29+,30+/m0/s1. The average molecular weight is 685 g/mol. The number of amides is 4. The van der Waals surface area contributed by atoms with Crippen LogP contribution in [0.2, 0.25) is 0 Å². The van der Waals surface area contributed by atoms with Crippen molar-refractivity contribution in [3.63, 3.8) is 0 Å². The zero-order chi connectivity index (χ0) is 35.5. The lowest BCUT2D eigenvalue weighted by Gasteiger charge is -2.24. The van der Waals surface area contributed by atoms with Crippen LogP contribution in [-0.2, 0) is 32.1 Å². The van der Waals surface area contributed by atoms with Gasteiger partial charge in [0.2, 0.25) is 5.91 Å². The molecule has 1 aliphatic heterocycles. The van der Waals surface area contributed by atoms with Crippen LogP contribution < -0.4 is 20.9 Å². The maximum atomic E-state index is 13.7. The molecule has 1 saturated carbocycles. The van der Waals surface area contributed by atoms with Gasteiger partial charge < -0.3 is 30.5 Å². The number of anilines is 1. The van der Waals surface area contributed by atoms with Gasteiger partial charge in [-0.05, 0) is 55.4 Å². The van der Waals surface area contributed by atoms with E-state index in [1.54, 1.807) is 42.5 Å². The number of nitrogens with zero attached hydrogens (tertiary/aromatic N) is 1. The fraction of sp³-hybridized carbons (Fsp3) is 0.351. The van der Waals surface area contributed by atoms with E-state index in [2.05, 4.69) is 16.0 Å². The number of rotatable bonds is 14. The van der Waals surface area contributed by atoms with Gasteiger partial charge >= 0.3 is 18.2 Å². The van der Waals surface area contributed by atoms with Crippen molar-refractivity contribution in [3.05, 3.63) is 101 Å². The highest BCUT2D eigenvalue weighted by molar-refractivity contribution is 6.00. The molecule has 13 nitrogen and oxygen atoms in total. The zero-order valence-corrected chi connectivity index (χ0v) is 27.5. The lowest BCUT2D eigenvalue weighted by Crippen LogP contribution is -2.51. The molecule has 0 unspecified atom stereocenters. The fourth-order valence-corrected chi connectivity index (χ4v) is 6.15. The number of benzene rings is 3. The monoisotopic (exact) mass is 684 g/mol. The molecule has 1 heterocycles. The predicted octanol–water partition coefficient (Wildman–Crippen LogP) is 4.24. The van der Waals surface area contributed by atoms with Crippen molar-refractivity contribution < 1.29 is 43.3 Å². The summed E-state index contributed by atoms with van der Waals surface area (Å²) < 4.78 is 10.6. The number of ether oxygens (including phenoxy) is 2. The van der Waals surface area contributed by atoms with Crippen molar-refractivity contribution in [3.8, 4) is 0 Å². The van der Waals surface area contributed by atoms with Gasteiger partial charge in [-0.3, -0.25) is 24.1 Å². The Labute approximate surface area is 289 Å². The molecule has 13 heteroatoms. The average Bonchev–Trinajstić information content (AvgIpc) is 3.78. The van der Waals surface area contributed by atoms with Crippen LogP contribution in [0.3, 0.4) is 0 Å². The van der Waals surface area contributed by atoms with E-state index in [1.807, 2.05) is 30.3 Å². The second-order valence-corrected chi connectivity index (χ2v) is 12.2. The van der Waals surface area contributed by atoms with Crippen LogP contribution in [0.1, 0.15) is 63.9 Å². The number of carbonyl (C=O) groups excluding carboxylic acids is 5. The van der Waals surface area contributed by atoms with Crippen LogP contribution in [0, 0.1) is 5.92 Å². The maximum Gasteiger partial charge on any atom is 0.411 e. The fourth-order valence-electron chi connectivity index (χ4n) is 6.15. The summed E-state index contributed by atoms with van der Waals surface area (Å²) in [5, 5.41) is 17.9. The number of Topliss-reactive ketones (excluding diaryl/α,β-unsaturated/α-hetero) is 1. The maximum absolute atomic E-state index is 13.7. The SMILES string of the molecule is O=C(NCCC[C@@H](NC(=O)c1ccc2c(c1)N(C(=O)O)CC2)C(=O)N[C@@H]1CCC[C@@H]1C(=O)OCC(=O)c1ccccc1)OCc1ccccc1. The molecule has 4 N–H and O–H groups in total. The Morgan fingerprint density at radius 1 is 0.880 bits per heavy atom. The second kappa shape index (κ2) is 17.1. The summed E-state index contributed by atoms with van der Waals surface area (Å²) >= 11 is 0. The summed E-state index contributed by atoms with van der Waals surface area (Å²) in [4.78, 5) is 77.6. The Morgan fingerprint density at radius 2 is 1.62 bits per heavy atom. The molecule has 262 valence electrons. The van der Waals surface area contributed by atoms with Gasteiger partial charge in [0.25, 0.3) is 5.91 Å². The summed E-state index contributed by atoms with van der Waals surface area (Å²) in [6.07, 6.45) is 0.831. The van der Waals surface area contributed by atoms with Gasteiger partial charge in [0, 0.05) is 30.3 Å². The minimum atomic E-state index is -1.12. The first kappa shape index (κ1) is 35.6. The van der Waals surface area contributed by atoms with Crippen LogP contribution in [0.15, 0.2) is 78.9 Å². The summed E-state index contributed by atoms with van der Waals surface area (Å²) in [7, 11) is 0. The van der Waals surface area contributed by atoms with Crippen molar-refractivity contribution in [1.29, 1.82) is 0 Å². The van der Waals surface area contributed by atoms with Crippen LogP contribution in [-0.4, -0.2) is 72.6 Å². The van der Waals surface area contributed by atoms with Gasteiger partial charge in [-0.2, -0.15) is 0 Å². The molecule has 4 amide bonds. The van der Waals surface area contributed by atoms with E-state index in [0.29, 0.717) is 43.4 Å². The number of nitrogens with one attached hydrogen (secondary N) is 3. The number of hydrogen-bond acceptors (Lipinski definition) is 8. The van der Waals surface area contributed by atoms with Crippen LogP contribution >= 0.6 is 0 Å². The smallest absolute Gasteiger partial charge is 0.411 e. The molecule has 3 aromatic carbocycles. The second-order valence-electron chi connectivity index (χ2n) is 12.2. The van der Waals surface area contributed by atoms with E-state index in [9.17, 15) is 33.9 Å². The Balaban J connectivity index is 1.20. The predicted molar refractivity (Wildman–Crippen MR) is 182 cm³/mol. The molecule has 3 aromatic rings. The minimum absolute atomic E-state index is 0.0965. The Morgan fingerprint density at radius 3 is 2.36 bits per heavy atom. The Bertz CT molecular complexity index is 1700. The molecule has 0 aromatic heterocycles. The lowest BCUT2D eigenvalue weighted by atomic mass is 10.0. The highest BCUT2D eigenvalue weighted by atomic mass is 16.5. The molecule has 0 spiro atoms. The third kappa shape index (κ3) is 9.46. The number of hydrogen-bond donors (Lipinski definition) is 4.